The monoisotopic (exact) mass is 359 g/mol. The number of carbonyl (C=O) groups is 2. The lowest BCUT2D eigenvalue weighted by atomic mass is 10.1. The number of rotatable bonds is 4. The lowest BCUT2D eigenvalue weighted by molar-refractivity contribution is -0.117. The molecule has 1 heterocycles. The third-order valence-electron chi connectivity index (χ3n) is 4.26. The summed E-state index contributed by atoms with van der Waals surface area (Å²) in [5.74, 6) is -1.43. The molecule has 136 valence electrons. The second-order valence-electron chi connectivity index (χ2n) is 6.10. The molecule has 1 aliphatic heterocycles. The number of piperazine rings is 1. The number of hydrogen-bond acceptors (Lipinski definition) is 3. The summed E-state index contributed by atoms with van der Waals surface area (Å²) in [6.07, 6.45) is 0. The molecule has 0 atom stereocenters. The third-order valence-corrected chi connectivity index (χ3v) is 4.26. The Labute approximate surface area is 150 Å². The molecular weight excluding hydrogens is 340 g/mol. The van der Waals surface area contributed by atoms with Crippen LogP contribution < -0.4 is 5.32 Å². The van der Waals surface area contributed by atoms with Crippen LogP contribution in [-0.4, -0.2) is 54.3 Å². The lowest BCUT2D eigenvalue weighted by Crippen LogP contribution is -2.50. The molecular formula is C19H19F2N3O2. The summed E-state index contributed by atoms with van der Waals surface area (Å²) in [6, 6.07) is 11.5. The van der Waals surface area contributed by atoms with Crippen LogP contribution in [0.25, 0.3) is 0 Å². The topological polar surface area (TPSA) is 52.7 Å². The van der Waals surface area contributed by atoms with E-state index in [1.54, 1.807) is 17.0 Å². The van der Waals surface area contributed by atoms with Crippen molar-refractivity contribution < 1.29 is 18.4 Å². The van der Waals surface area contributed by atoms with Crippen LogP contribution in [0.1, 0.15) is 10.4 Å². The molecule has 0 bridgehead atoms. The fourth-order valence-electron chi connectivity index (χ4n) is 2.85. The van der Waals surface area contributed by atoms with Crippen molar-refractivity contribution in [3.63, 3.8) is 0 Å². The maximum Gasteiger partial charge on any atom is 0.256 e. The molecule has 2 amide bonds. The van der Waals surface area contributed by atoms with E-state index >= 15 is 0 Å². The molecule has 0 radical (unpaired) electrons. The maximum atomic E-state index is 13.7. The molecule has 3 rings (SSSR count). The van der Waals surface area contributed by atoms with E-state index in [2.05, 4.69) is 5.32 Å². The van der Waals surface area contributed by atoms with E-state index in [4.69, 9.17) is 0 Å². The molecule has 0 spiro atoms. The van der Waals surface area contributed by atoms with Crippen LogP contribution in [-0.2, 0) is 4.79 Å². The minimum atomic E-state index is -0.529. The predicted molar refractivity (Wildman–Crippen MR) is 93.8 cm³/mol. The molecule has 1 N–H and O–H groups in total. The summed E-state index contributed by atoms with van der Waals surface area (Å²) >= 11 is 0. The number of benzene rings is 2. The molecule has 7 heteroatoms. The highest BCUT2D eigenvalue weighted by atomic mass is 19.1. The number of hydrogen-bond donors (Lipinski definition) is 1. The van der Waals surface area contributed by atoms with Gasteiger partial charge in [0, 0.05) is 31.9 Å². The van der Waals surface area contributed by atoms with Crippen LogP contribution in [0.5, 0.6) is 0 Å². The normalized spacial score (nSPS) is 14.9. The highest BCUT2D eigenvalue weighted by Crippen LogP contribution is 2.13. The Morgan fingerprint density at radius 2 is 1.58 bits per heavy atom. The average Bonchev–Trinajstić information content (AvgIpc) is 2.64. The summed E-state index contributed by atoms with van der Waals surface area (Å²) in [5, 5.41) is 2.71. The van der Waals surface area contributed by atoms with Gasteiger partial charge < -0.3 is 10.2 Å². The standard InChI is InChI=1S/C19H19F2N3O2/c20-14-5-7-15(8-6-14)22-18(25)13-23-9-11-24(12-10-23)19(26)16-3-1-2-4-17(16)21/h1-8H,9-13H2,(H,22,25). The molecule has 1 fully saturated rings. The van der Waals surface area contributed by atoms with Crippen molar-refractivity contribution in [2.75, 3.05) is 38.0 Å². The van der Waals surface area contributed by atoms with Gasteiger partial charge in [0.25, 0.3) is 5.91 Å². The van der Waals surface area contributed by atoms with Gasteiger partial charge in [0.2, 0.25) is 5.91 Å². The van der Waals surface area contributed by atoms with E-state index < -0.39 is 5.82 Å². The Balaban J connectivity index is 1.49. The zero-order valence-electron chi connectivity index (χ0n) is 14.1. The average molecular weight is 359 g/mol. The molecule has 1 aliphatic rings. The highest BCUT2D eigenvalue weighted by Gasteiger charge is 2.24. The molecule has 5 nitrogen and oxygen atoms in total. The van der Waals surface area contributed by atoms with Crippen LogP contribution in [0.3, 0.4) is 0 Å². The Morgan fingerprint density at radius 3 is 2.23 bits per heavy atom. The summed E-state index contributed by atoms with van der Waals surface area (Å²) < 4.78 is 26.6. The molecule has 0 unspecified atom stereocenters. The van der Waals surface area contributed by atoms with Crippen LogP contribution in [0.15, 0.2) is 48.5 Å². The first-order valence-electron chi connectivity index (χ1n) is 8.34. The van der Waals surface area contributed by atoms with Crippen LogP contribution in [0, 0.1) is 11.6 Å². The van der Waals surface area contributed by atoms with E-state index in [0.717, 1.165) is 0 Å². The summed E-state index contributed by atoms with van der Waals surface area (Å²) in [7, 11) is 0. The van der Waals surface area contributed by atoms with Crippen molar-refractivity contribution in [3.8, 4) is 0 Å². The first-order valence-corrected chi connectivity index (χ1v) is 8.34. The first kappa shape index (κ1) is 18.0. The summed E-state index contributed by atoms with van der Waals surface area (Å²) in [4.78, 5) is 28.0. The first-order chi connectivity index (χ1) is 12.5. The predicted octanol–water partition coefficient (Wildman–Crippen LogP) is 2.36. The van der Waals surface area contributed by atoms with Crippen molar-refractivity contribution in [2.24, 2.45) is 0 Å². The van der Waals surface area contributed by atoms with E-state index in [0.29, 0.717) is 31.9 Å². The van der Waals surface area contributed by atoms with Gasteiger partial charge in [0.15, 0.2) is 0 Å². The Hall–Kier alpha value is -2.80. The zero-order valence-corrected chi connectivity index (χ0v) is 14.1. The van der Waals surface area contributed by atoms with Gasteiger partial charge in [-0.1, -0.05) is 12.1 Å². The lowest BCUT2D eigenvalue weighted by Gasteiger charge is -2.34. The van der Waals surface area contributed by atoms with Gasteiger partial charge in [-0.3, -0.25) is 14.5 Å². The van der Waals surface area contributed by atoms with Crippen molar-refractivity contribution in [1.82, 2.24) is 9.80 Å². The number of halogens is 2. The van der Waals surface area contributed by atoms with Crippen molar-refractivity contribution in [3.05, 3.63) is 65.7 Å². The van der Waals surface area contributed by atoms with E-state index in [-0.39, 0.29) is 29.7 Å². The van der Waals surface area contributed by atoms with Gasteiger partial charge in [-0.05, 0) is 36.4 Å². The number of amides is 2. The van der Waals surface area contributed by atoms with Crippen LogP contribution in [0.4, 0.5) is 14.5 Å². The van der Waals surface area contributed by atoms with Gasteiger partial charge in [-0.25, -0.2) is 8.78 Å². The Kier molecular flexibility index (Phi) is 5.58. The zero-order chi connectivity index (χ0) is 18.5. The van der Waals surface area contributed by atoms with Gasteiger partial charge in [-0.2, -0.15) is 0 Å². The fraction of sp³-hybridized carbons (Fsp3) is 0.263. The third kappa shape index (κ3) is 4.43. The fourth-order valence-corrected chi connectivity index (χ4v) is 2.85. The SMILES string of the molecule is O=C(CN1CCN(C(=O)c2ccccc2F)CC1)Nc1ccc(F)cc1. The Bertz CT molecular complexity index is 788. The number of carbonyl (C=O) groups excluding carboxylic acids is 2. The highest BCUT2D eigenvalue weighted by molar-refractivity contribution is 5.94. The largest absolute Gasteiger partial charge is 0.336 e. The van der Waals surface area contributed by atoms with Crippen LogP contribution in [0.2, 0.25) is 0 Å². The molecule has 0 aliphatic carbocycles. The van der Waals surface area contributed by atoms with E-state index in [9.17, 15) is 18.4 Å². The van der Waals surface area contributed by atoms with Crippen LogP contribution >= 0.6 is 0 Å². The van der Waals surface area contributed by atoms with Gasteiger partial charge in [0.1, 0.15) is 11.6 Å². The maximum absolute atomic E-state index is 13.7. The number of nitrogens with zero attached hydrogens (tertiary/aromatic N) is 2. The molecule has 26 heavy (non-hydrogen) atoms. The van der Waals surface area contributed by atoms with Crippen molar-refractivity contribution in [1.29, 1.82) is 0 Å². The van der Waals surface area contributed by atoms with Gasteiger partial charge in [-0.15, -0.1) is 0 Å². The van der Waals surface area contributed by atoms with Crippen molar-refractivity contribution in [2.45, 2.75) is 0 Å². The second-order valence-corrected chi connectivity index (χ2v) is 6.10. The minimum Gasteiger partial charge on any atom is -0.336 e. The van der Waals surface area contributed by atoms with Gasteiger partial charge in [0.05, 0.1) is 12.1 Å². The van der Waals surface area contributed by atoms with E-state index in [1.165, 1.54) is 36.4 Å². The minimum absolute atomic E-state index is 0.0648. The molecule has 0 aromatic heterocycles. The quantitative estimate of drug-likeness (QED) is 0.912. The summed E-state index contributed by atoms with van der Waals surface area (Å²) in [6.45, 7) is 2.08. The number of nitrogens with one attached hydrogen (secondary N) is 1. The molecule has 2 aromatic rings. The smallest absolute Gasteiger partial charge is 0.256 e. The number of anilines is 1. The molecule has 0 saturated carbocycles. The molecule has 1 saturated heterocycles. The molecule has 2 aromatic carbocycles. The second kappa shape index (κ2) is 8.05. The Morgan fingerprint density at radius 1 is 0.923 bits per heavy atom. The van der Waals surface area contributed by atoms with Crippen molar-refractivity contribution >= 4 is 17.5 Å². The summed E-state index contributed by atoms with van der Waals surface area (Å²) in [5.41, 5.74) is 0.597. The van der Waals surface area contributed by atoms with Gasteiger partial charge >= 0.3 is 0 Å². The van der Waals surface area contributed by atoms with E-state index in [1.807, 2.05) is 4.90 Å².